The number of ether oxygens (including phenoxy) is 1. The largest absolute Gasteiger partial charge is 0.493 e. The summed E-state index contributed by atoms with van der Waals surface area (Å²) in [6.45, 7) is 13.5. The summed E-state index contributed by atoms with van der Waals surface area (Å²) in [7, 11) is 1.76. The lowest BCUT2D eigenvalue weighted by molar-refractivity contribution is -0.125. The Morgan fingerprint density at radius 1 is 1.07 bits per heavy atom. The van der Waals surface area contributed by atoms with Gasteiger partial charge in [-0.1, -0.05) is 6.07 Å². The Bertz CT molecular complexity index is 651. The van der Waals surface area contributed by atoms with Crippen molar-refractivity contribution in [3.63, 3.8) is 0 Å². The molecule has 27 heavy (non-hydrogen) atoms. The van der Waals surface area contributed by atoms with Crippen LogP contribution in [0.3, 0.4) is 0 Å². The van der Waals surface area contributed by atoms with Gasteiger partial charge in [0.15, 0.2) is 0 Å². The highest BCUT2D eigenvalue weighted by molar-refractivity contribution is 5.81. The lowest BCUT2D eigenvalue weighted by Crippen LogP contribution is -2.46. The first-order chi connectivity index (χ1) is 12.5. The summed E-state index contributed by atoms with van der Waals surface area (Å²) < 4.78 is 5.85. The van der Waals surface area contributed by atoms with Gasteiger partial charge in [0.05, 0.1) is 19.7 Å². The monoisotopic (exact) mass is 377 g/mol. The number of nitrogens with one attached hydrogen (secondary N) is 2. The van der Waals surface area contributed by atoms with Gasteiger partial charge in [-0.05, 0) is 77.8 Å². The van der Waals surface area contributed by atoms with Crippen molar-refractivity contribution >= 4 is 11.8 Å². The van der Waals surface area contributed by atoms with Crippen LogP contribution in [0.25, 0.3) is 0 Å². The average molecular weight is 378 g/mol. The Morgan fingerprint density at radius 2 is 1.70 bits per heavy atom. The highest BCUT2D eigenvalue weighted by Gasteiger charge is 2.16. The van der Waals surface area contributed by atoms with Gasteiger partial charge < -0.3 is 15.4 Å². The van der Waals surface area contributed by atoms with E-state index in [4.69, 9.17) is 4.74 Å². The van der Waals surface area contributed by atoms with Crippen molar-refractivity contribution in [2.75, 3.05) is 33.3 Å². The quantitative estimate of drug-likeness (QED) is 0.648. The molecule has 0 aliphatic carbocycles. The van der Waals surface area contributed by atoms with Crippen molar-refractivity contribution in [1.82, 2.24) is 15.5 Å². The third-order valence-electron chi connectivity index (χ3n) is 4.01. The number of carbonyl (C=O) groups excluding carboxylic acids is 2. The zero-order chi connectivity index (χ0) is 20.6. The topological polar surface area (TPSA) is 70.7 Å². The fourth-order valence-corrected chi connectivity index (χ4v) is 2.69. The second-order valence-electron chi connectivity index (χ2n) is 8.23. The second kappa shape index (κ2) is 10.3. The van der Waals surface area contributed by atoms with E-state index in [9.17, 15) is 9.59 Å². The van der Waals surface area contributed by atoms with Crippen LogP contribution in [0.1, 0.15) is 43.9 Å². The van der Waals surface area contributed by atoms with Crippen LogP contribution in [0.2, 0.25) is 0 Å². The van der Waals surface area contributed by atoms with Crippen molar-refractivity contribution in [2.24, 2.45) is 0 Å². The maximum absolute atomic E-state index is 12.0. The molecule has 0 spiro atoms. The van der Waals surface area contributed by atoms with Gasteiger partial charge >= 0.3 is 0 Å². The predicted molar refractivity (Wildman–Crippen MR) is 109 cm³/mol. The minimum atomic E-state index is -0.269. The third kappa shape index (κ3) is 9.43. The van der Waals surface area contributed by atoms with Gasteiger partial charge in [-0.15, -0.1) is 0 Å². The molecule has 0 unspecified atom stereocenters. The summed E-state index contributed by atoms with van der Waals surface area (Å²) >= 11 is 0. The number of amides is 2. The van der Waals surface area contributed by atoms with E-state index in [1.807, 2.05) is 26.8 Å². The lowest BCUT2D eigenvalue weighted by atomic mass is 10.1. The molecular weight excluding hydrogens is 342 g/mol. The first-order valence-corrected chi connectivity index (χ1v) is 9.45. The Morgan fingerprint density at radius 3 is 2.33 bits per heavy atom. The molecule has 2 N–H and O–H groups in total. The summed E-state index contributed by atoms with van der Waals surface area (Å²) in [5.74, 6) is 0.724. The van der Waals surface area contributed by atoms with E-state index in [2.05, 4.69) is 37.5 Å². The molecule has 0 saturated heterocycles. The van der Waals surface area contributed by atoms with Gasteiger partial charge in [-0.3, -0.25) is 14.5 Å². The second-order valence-corrected chi connectivity index (χ2v) is 8.23. The number of hydrogen-bond acceptors (Lipinski definition) is 4. The normalized spacial score (nSPS) is 11.4. The summed E-state index contributed by atoms with van der Waals surface area (Å²) in [5.41, 5.74) is 3.28. The summed E-state index contributed by atoms with van der Waals surface area (Å²) in [6, 6.07) is 4.18. The summed E-state index contributed by atoms with van der Waals surface area (Å²) in [5, 5.41) is 5.75. The molecule has 1 aromatic rings. The molecule has 6 nitrogen and oxygen atoms in total. The van der Waals surface area contributed by atoms with Gasteiger partial charge in [0, 0.05) is 12.1 Å². The summed E-state index contributed by atoms with van der Waals surface area (Å²) in [4.78, 5) is 25.5. The van der Waals surface area contributed by atoms with Gasteiger partial charge in [-0.2, -0.15) is 0 Å². The highest BCUT2D eigenvalue weighted by Crippen LogP contribution is 2.23. The number of likely N-dealkylation sites (N-methyl/N-ethyl adjacent to an activating group) is 1. The van der Waals surface area contributed by atoms with Gasteiger partial charge in [-0.25, -0.2) is 0 Å². The molecule has 6 heteroatoms. The number of nitrogens with zero attached hydrogens (tertiary/aromatic N) is 1. The maximum Gasteiger partial charge on any atom is 0.234 e. The number of rotatable bonds is 9. The fourth-order valence-electron chi connectivity index (χ4n) is 2.69. The highest BCUT2D eigenvalue weighted by atomic mass is 16.5. The molecule has 2 amide bonds. The maximum atomic E-state index is 12.0. The molecule has 0 atom stereocenters. The van der Waals surface area contributed by atoms with E-state index >= 15 is 0 Å². The first-order valence-electron chi connectivity index (χ1n) is 9.45. The van der Waals surface area contributed by atoms with Crippen molar-refractivity contribution < 1.29 is 14.3 Å². The minimum absolute atomic E-state index is 0.0879. The van der Waals surface area contributed by atoms with Gasteiger partial charge in [0.25, 0.3) is 0 Å². The molecule has 0 fully saturated rings. The van der Waals surface area contributed by atoms with E-state index in [-0.39, 0.29) is 30.4 Å². The van der Waals surface area contributed by atoms with Crippen LogP contribution in [0, 0.1) is 20.8 Å². The zero-order valence-corrected chi connectivity index (χ0v) is 17.9. The van der Waals surface area contributed by atoms with E-state index in [0.29, 0.717) is 13.2 Å². The fraction of sp³-hybridized carbons (Fsp3) is 0.619. The van der Waals surface area contributed by atoms with Crippen molar-refractivity contribution in [2.45, 2.75) is 53.5 Å². The molecule has 0 bridgehead atoms. The Labute approximate surface area is 163 Å². The average Bonchev–Trinajstić information content (AvgIpc) is 2.49. The molecule has 0 aliphatic heterocycles. The van der Waals surface area contributed by atoms with Crippen LogP contribution in [-0.2, 0) is 9.59 Å². The molecule has 1 aromatic carbocycles. The van der Waals surface area contributed by atoms with Gasteiger partial charge in [0.2, 0.25) is 11.8 Å². The van der Waals surface area contributed by atoms with Crippen LogP contribution in [0.15, 0.2) is 12.1 Å². The lowest BCUT2D eigenvalue weighted by Gasteiger charge is -2.23. The molecule has 1 rings (SSSR count). The van der Waals surface area contributed by atoms with E-state index in [0.717, 1.165) is 17.7 Å². The van der Waals surface area contributed by atoms with Crippen LogP contribution < -0.4 is 15.4 Å². The van der Waals surface area contributed by atoms with Crippen LogP contribution in [-0.4, -0.2) is 55.5 Å². The first kappa shape index (κ1) is 23.0. The Kier molecular flexibility index (Phi) is 8.76. The number of aryl methyl sites for hydroxylation is 2. The molecule has 0 radical (unpaired) electrons. The summed E-state index contributed by atoms with van der Waals surface area (Å²) in [6.07, 6.45) is 0.729. The predicted octanol–water partition coefficient (Wildman–Crippen LogP) is 2.34. The minimum Gasteiger partial charge on any atom is -0.493 e. The molecule has 0 aliphatic rings. The van der Waals surface area contributed by atoms with Crippen LogP contribution in [0.5, 0.6) is 5.75 Å². The standard InChI is InChI=1S/C21H35N3O3/c1-15-11-16(2)17(3)18(12-15)27-10-8-9-22-19(25)13-24(7)14-20(26)23-21(4,5)6/h11-12H,8-10,13-14H2,1-7H3,(H,22,25)(H,23,26). The Balaban J connectivity index is 2.25. The van der Waals surface area contributed by atoms with Crippen molar-refractivity contribution in [3.05, 3.63) is 28.8 Å². The SMILES string of the molecule is Cc1cc(C)c(C)c(OCCCNC(=O)CN(C)CC(=O)NC(C)(C)C)c1. The molecular formula is C21H35N3O3. The van der Waals surface area contributed by atoms with Crippen LogP contribution >= 0.6 is 0 Å². The zero-order valence-electron chi connectivity index (χ0n) is 17.9. The number of benzene rings is 1. The van der Waals surface area contributed by atoms with Gasteiger partial charge in [0.1, 0.15) is 5.75 Å². The third-order valence-corrected chi connectivity index (χ3v) is 4.01. The van der Waals surface area contributed by atoms with E-state index < -0.39 is 0 Å². The number of hydrogen-bond donors (Lipinski definition) is 2. The molecule has 0 saturated carbocycles. The number of carbonyl (C=O) groups is 2. The Hall–Kier alpha value is -2.08. The molecule has 152 valence electrons. The molecule has 0 aromatic heterocycles. The van der Waals surface area contributed by atoms with Crippen molar-refractivity contribution in [3.8, 4) is 5.75 Å². The van der Waals surface area contributed by atoms with Crippen molar-refractivity contribution in [1.29, 1.82) is 0 Å². The molecule has 0 heterocycles. The van der Waals surface area contributed by atoms with E-state index in [1.54, 1.807) is 11.9 Å². The smallest absolute Gasteiger partial charge is 0.234 e. The van der Waals surface area contributed by atoms with Crippen LogP contribution in [0.4, 0.5) is 0 Å². The van der Waals surface area contributed by atoms with E-state index in [1.165, 1.54) is 11.1 Å².